The topological polar surface area (TPSA) is 84.6 Å². The molecular formula is C15H13N5O2S. The van der Waals surface area contributed by atoms with Gasteiger partial charge in [-0.25, -0.2) is 4.98 Å². The van der Waals surface area contributed by atoms with Crippen molar-refractivity contribution in [1.82, 2.24) is 19.6 Å². The van der Waals surface area contributed by atoms with E-state index in [1.807, 2.05) is 24.4 Å². The summed E-state index contributed by atoms with van der Waals surface area (Å²) in [6, 6.07) is 5.63. The van der Waals surface area contributed by atoms with Crippen LogP contribution in [0.1, 0.15) is 5.69 Å². The molecule has 0 unspecified atom stereocenters. The van der Waals surface area contributed by atoms with E-state index < -0.39 is 0 Å². The van der Waals surface area contributed by atoms with Crippen molar-refractivity contribution < 1.29 is 9.84 Å². The minimum atomic E-state index is 0.157. The van der Waals surface area contributed by atoms with Gasteiger partial charge in [0.05, 0.1) is 18.5 Å². The van der Waals surface area contributed by atoms with Gasteiger partial charge in [-0.05, 0) is 35.9 Å². The molecule has 116 valence electrons. The molecule has 0 spiro atoms. The minimum Gasteiger partial charge on any atom is -0.506 e. The maximum absolute atomic E-state index is 10.3. The van der Waals surface area contributed by atoms with Crippen LogP contribution < -0.4 is 10.1 Å². The fraction of sp³-hybridized carbons (Fsp3) is 0.133. The van der Waals surface area contributed by atoms with Gasteiger partial charge in [-0.1, -0.05) is 0 Å². The maximum atomic E-state index is 10.3. The Morgan fingerprint density at radius 1 is 1.35 bits per heavy atom. The molecule has 8 heteroatoms. The SMILES string of the molecule is COc1c(C)nc2ncnn2c1Nc1cc2ccsc2cc1O. The van der Waals surface area contributed by atoms with Crippen LogP contribution in [0, 0.1) is 6.92 Å². The fourth-order valence-corrected chi connectivity index (χ4v) is 3.32. The quantitative estimate of drug-likeness (QED) is 0.563. The van der Waals surface area contributed by atoms with Crippen molar-refractivity contribution in [3.05, 3.63) is 35.6 Å². The van der Waals surface area contributed by atoms with Gasteiger partial charge in [0.1, 0.15) is 12.1 Å². The molecule has 4 rings (SSSR count). The monoisotopic (exact) mass is 327 g/mol. The van der Waals surface area contributed by atoms with Crippen molar-refractivity contribution >= 4 is 38.7 Å². The second kappa shape index (κ2) is 5.10. The second-order valence-electron chi connectivity index (χ2n) is 5.00. The van der Waals surface area contributed by atoms with Gasteiger partial charge in [-0.15, -0.1) is 11.3 Å². The number of rotatable bonds is 3. The first-order valence-electron chi connectivity index (χ1n) is 6.89. The van der Waals surface area contributed by atoms with Crippen LogP contribution in [0.4, 0.5) is 11.5 Å². The molecule has 3 aromatic heterocycles. The predicted octanol–water partition coefficient (Wildman–Crippen LogP) is 3.11. The molecule has 7 nitrogen and oxygen atoms in total. The first-order chi connectivity index (χ1) is 11.2. The van der Waals surface area contributed by atoms with Crippen molar-refractivity contribution in [2.75, 3.05) is 12.4 Å². The highest BCUT2D eigenvalue weighted by Gasteiger charge is 2.17. The van der Waals surface area contributed by atoms with E-state index in [4.69, 9.17) is 4.74 Å². The number of aryl methyl sites for hydroxylation is 1. The normalized spacial score (nSPS) is 11.2. The lowest BCUT2D eigenvalue weighted by Crippen LogP contribution is -2.06. The molecule has 0 amide bonds. The Morgan fingerprint density at radius 2 is 2.22 bits per heavy atom. The molecule has 3 heterocycles. The highest BCUT2D eigenvalue weighted by atomic mass is 32.1. The first kappa shape index (κ1) is 13.8. The van der Waals surface area contributed by atoms with Crippen molar-refractivity contribution in [2.24, 2.45) is 0 Å². The minimum absolute atomic E-state index is 0.157. The van der Waals surface area contributed by atoms with Gasteiger partial charge in [-0.3, -0.25) is 0 Å². The Labute approximate surface area is 135 Å². The first-order valence-corrected chi connectivity index (χ1v) is 7.77. The zero-order valence-corrected chi connectivity index (χ0v) is 13.3. The van der Waals surface area contributed by atoms with E-state index in [2.05, 4.69) is 20.4 Å². The van der Waals surface area contributed by atoms with Crippen molar-refractivity contribution in [3.8, 4) is 11.5 Å². The second-order valence-corrected chi connectivity index (χ2v) is 5.95. The average molecular weight is 327 g/mol. The van der Waals surface area contributed by atoms with Gasteiger partial charge in [0.25, 0.3) is 5.78 Å². The van der Waals surface area contributed by atoms with Gasteiger partial charge in [-0.2, -0.15) is 14.6 Å². The molecule has 4 aromatic rings. The van der Waals surface area contributed by atoms with Crippen LogP contribution in [0.5, 0.6) is 11.5 Å². The Hall–Kier alpha value is -2.87. The van der Waals surface area contributed by atoms with Gasteiger partial charge >= 0.3 is 0 Å². The standard InChI is InChI=1S/C15H13N5O2S/c1-8-13(22-2)14(20-15(18-8)16-7-17-20)19-10-5-9-3-4-23-12(9)6-11(10)21/h3-7,19,21H,1-2H3. The lowest BCUT2D eigenvalue weighted by atomic mass is 10.2. The summed E-state index contributed by atoms with van der Waals surface area (Å²) in [6.07, 6.45) is 1.42. The van der Waals surface area contributed by atoms with E-state index in [9.17, 15) is 5.11 Å². The molecular weight excluding hydrogens is 314 g/mol. The van der Waals surface area contributed by atoms with Crippen molar-refractivity contribution in [2.45, 2.75) is 6.92 Å². The van der Waals surface area contributed by atoms with E-state index >= 15 is 0 Å². The number of methoxy groups -OCH3 is 1. The number of nitrogens with zero attached hydrogens (tertiary/aromatic N) is 4. The Morgan fingerprint density at radius 3 is 3.04 bits per heavy atom. The number of hydrogen-bond acceptors (Lipinski definition) is 7. The van der Waals surface area contributed by atoms with Crippen molar-refractivity contribution in [1.29, 1.82) is 0 Å². The summed E-state index contributed by atoms with van der Waals surface area (Å²) in [5, 5.41) is 20.7. The van der Waals surface area contributed by atoms with E-state index in [0.29, 0.717) is 28.7 Å². The van der Waals surface area contributed by atoms with Crippen LogP contribution in [0.15, 0.2) is 29.9 Å². The molecule has 23 heavy (non-hydrogen) atoms. The lowest BCUT2D eigenvalue weighted by Gasteiger charge is -2.14. The molecule has 0 aliphatic rings. The van der Waals surface area contributed by atoms with E-state index in [0.717, 1.165) is 10.1 Å². The number of phenols is 1. The molecule has 0 fully saturated rings. The third-order valence-corrected chi connectivity index (χ3v) is 4.46. The smallest absolute Gasteiger partial charge is 0.254 e. The van der Waals surface area contributed by atoms with Crippen LogP contribution in [-0.4, -0.2) is 31.8 Å². The van der Waals surface area contributed by atoms with Crippen LogP contribution in [0.3, 0.4) is 0 Å². The number of nitrogens with one attached hydrogen (secondary N) is 1. The zero-order valence-electron chi connectivity index (χ0n) is 12.4. The third-order valence-electron chi connectivity index (χ3n) is 3.58. The number of anilines is 2. The molecule has 0 aliphatic heterocycles. The number of aromatic nitrogens is 4. The molecule has 0 atom stereocenters. The summed E-state index contributed by atoms with van der Waals surface area (Å²) in [5.41, 5.74) is 1.25. The Bertz CT molecular complexity index is 1020. The number of aromatic hydroxyl groups is 1. The number of ether oxygens (including phenoxy) is 1. The summed E-state index contributed by atoms with van der Waals surface area (Å²) >= 11 is 1.58. The van der Waals surface area contributed by atoms with E-state index in [-0.39, 0.29) is 5.75 Å². The summed E-state index contributed by atoms with van der Waals surface area (Å²) in [4.78, 5) is 8.44. The number of benzene rings is 1. The lowest BCUT2D eigenvalue weighted by molar-refractivity contribution is 0.408. The Balaban J connectivity index is 1.91. The highest BCUT2D eigenvalue weighted by molar-refractivity contribution is 7.17. The highest BCUT2D eigenvalue weighted by Crippen LogP contribution is 2.37. The maximum Gasteiger partial charge on any atom is 0.254 e. The van der Waals surface area contributed by atoms with Crippen LogP contribution in [-0.2, 0) is 0 Å². The summed E-state index contributed by atoms with van der Waals surface area (Å²) in [6.45, 7) is 1.83. The molecule has 0 bridgehead atoms. The third kappa shape index (κ3) is 2.15. The van der Waals surface area contributed by atoms with Crippen LogP contribution in [0.25, 0.3) is 15.9 Å². The number of hydrogen-bond donors (Lipinski definition) is 2. The van der Waals surface area contributed by atoms with Gasteiger partial charge in [0, 0.05) is 4.70 Å². The predicted molar refractivity (Wildman–Crippen MR) is 88.8 cm³/mol. The largest absolute Gasteiger partial charge is 0.506 e. The summed E-state index contributed by atoms with van der Waals surface area (Å²) in [5.74, 6) is 1.73. The number of fused-ring (bicyclic) bond motifs is 2. The average Bonchev–Trinajstić information content (AvgIpc) is 3.16. The summed E-state index contributed by atoms with van der Waals surface area (Å²) < 4.78 is 8.01. The zero-order chi connectivity index (χ0) is 16.0. The number of thiophene rings is 1. The van der Waals surface area contributed by atoms with Gasteiger partial charge < -0.3 is 15.2 Å². The molecule has 0 radical (unpaired) electrons. The van der Waals surface area contributed by atoms with Gasteiger partial charge in [0.15, 0.2) is 11.6 Å². The molecule has 0 saturated heterocycles. The molecule has 0 saturated carbocycles. The number of phenolic OH excluding ortho intramolecular Hbond substituents is 1. The van der Waals surface area contributed by atoms with E-state index in [1.54, 1.807) is 29.0 Å². The fourth-order valence-electron chi connectivity index (χ4n) is 2.52. The van der Waals surface area contributed by atoms with Gasteiger partial charge in [0.2, 0.25) is 0 Å². The van der Waals surface area contributed by atoms with Crippen LogP contribution >= 0.6 is 11.3 Å². The summed E-state index contributed by atoms with van der Waals surface area (Å²) in [7, 11) is 1.57. The Kier molecular flexibility index (Phi) is 3.05. The molecule has 0 aliphatic carbocycles. The molecule has 1 aromatic carbocycles. The van der Waals surface area contributed by atoms with Crippen molar-refractivity contribution in [3.63, 3.8) is 0 Å². The van der Waals surface area contributed by atoms with Crippen LogP contribution in [0.2, 0.25) is 0 Å². The molecule has 2 N–H and O–H groups in total. The van der Waals surface area contributed by atoms with E-state index in [1.165, 1.54) is 6.33 Å².